The van der Waals surface area contributed by atoms with E-state index in [9.17, 15) is 0 Å². The minimum Gasteiger partial charge on any atom is -0.497 e. The van der Waals surface area contributed by atoms with Crippen molar-refractivity contribution >= 4 is 15.9 Å². The van der Waals surface area contributed by atoms with Crippen LogP contribution < -0.4 is 10.1 Å². The van der Waals surface area contributed by atoms with Crippen molar-refractivity contribution in [1.29, 1.82) is 0 Å². The molecule has 0 aliphatic rings. The van der Waals surface area contributed by atoms with Crippen molar-refractivity contribution in [3.63, 3.8) is 0 Å². The second-order valence-corrected chi connectivity index (χ2v) is 5.80. The van der Waals surface area contributed by atoms with Crippen molar-refractivity contribution in [2.75, 3.05) is 13.7 Å². The summed E-state index contributed by atoms with van der Waals surface area (Å²) in [5.74, 6) is 0.881. The maximum absolute atomic E-state index is 5.33. The fraction of sp³-hybridized carbons (Fsp3) is 0.353. The fourth-order valence-corrected chi connectivity index (χ4v) is 2.87. The van der Waals surface area contributed by atoms with Crippen molar-refractivity contribution in [3.05, 3.63) is 57.8 Å². The Hall–Kier alpha value is -1.39. The predicted molar refractivity (Wildman–Crippen MR) is 89.8 cm³/mol. The van der Waals surface area contributed by atoms with Crippen molar-refractivity contribution < 1.29 is 4.74 Å². The van der Waals surface area contributed by atoms with Crippen LogP contribution in [0.15, 0.2) is 41.0 Å². The van der Waals surface area contributed by atoms with Crippen LogP contribution in [0.1, 0.15) is 29.8 Å². The third-order valence-electron chi connectivity index (χ3n) is 3.55. The van der Waals surface area contributed by atoms with E-state index in [0.717, 1.165) is 28.9 Å². The SMILES string of the molecule is CCNC(Cc1cc(OC)ccc1Br)c1cccnc1C. The smallest absolute Gasteiger partial charge is 0.119 e. The lowest BCUT2D eigenvalue weighted by molar-refractivity contribution is 0.413. The molecule has 0 radical (unpaired) electrons. The normalized spacial score (nSPS) is 12.2. The molecule has 0 bridgehead atoms. The summed E-state index contributed by atoms with van der Waals surface area (Å²) < 4.78 is 6.43. The molecule has 1 aromatic carbocycles. The van der Waals surface area contributed by atoms with Gasteiger partial charge in [0.2, 0.25) is 0 Å². The summed E-state index contributed by atoms with van der Waals surface area (Å²) in [5, 5.41) is 3.55. The summed E-state index contributed by atoms with van der Waals surface area (Å²) >= 11 is 3.63. The molecular weight excluding hydrogens is 328 g/mol. The highest BCUT2D eigenvalue weighted by atomic mass is 79.9. The van der Waals surface area contributed by atoms with Crippen LogP contribution in [0.4, 0.5) is 0 Å². The van der Waals surface area contributed by atoms with Crippen molar-refractivity contribution in [2.24, 2.45) is 0 Å². The highest BCUT2D eigenvalue weighted by Gasteiger charge is 2.15. The first kappa shape index (κ1) is 16.0. The van der Waals surface area contributed by atoms with Gasteiger partial charge in [0.05, 0.1) is 7.11 Å². The Labute approximate surface area is 134 Å². The summed E-state index contributed by atoms with van der Waals surface area (Å²) in [7, 11) is 1.69. The molecular formula is C17H21BrN2O. The molecule has 0 saturated carbocycles. The van der Waals surface area contributed by atoms with Crippen molar-refractivity contribution in [2.45, 2.75) is 26.3 Å². The molecule has 2 rings (SSSR count). The first-order chi connectivity index (χ1) is 10.2. The molecule has 0 aliphatic carbocycles. The Kier molecular flexibility index (Phi) is 5.76. The Morgan fingerprint density at radius 3 is 2.81 bits per heavy atom. The molecule has 0 fully saturated rings. The van der Waals surface area contributed by atoms with Gasteiger partial charge in [-0.05, 0) is 55.3 Å². The minimum absolute atomic E-state index is 0.243. The number of likely N-dealkylation sites (N-methyl/N-ethyl adjacent to an activating group) is 1. The van der Waals surface area contributed by atoms with Crippen LogP contribution in [-0.2, 0) is 6.42 Å². The summed E-state index contributed by atoms with van der Waals surface area (Å²) in [6.45, 7) is 5.10. The van der Waals surface area contributed by atoms with Crippen LogP contribution in [0.25, 0.3) is 0 Å². The number of aromatic nitrogens is 1. The van der Waals surface area contributed by atoms with Crippen LogP contribution in [-0.4, -0.2) is 18.6 Å². The number of methoxy groups -OCH3 is 1. The molecule has 0 aliphatic heterocycles. The molecule has 1 unspecified atom stereocenters. The van der Waals surface area contributed by atoms with Gasteiger partial charge in [-0.1, -0.05) is 28.9 Å². The van der Waals surface area contributed by atoms with Gasteiger partial charge in [-0.3, -0.25) is 4.98 Å². The monoisotopic (exact) mass is 348 g/mol. The van der Waals surface area contributed by atoms with Crippen LogP contribution in [0.3, 0.4) is 0 Å². The molecule has 0 amide bonds. The zero-order valence-electron chi connectivity index (χ0n) is 12.7. The van der Waals surface area contributed by atoms with Gasteiger partial charge in [0, 0.05) is 22.4 Å². The molecule has 0 spiro atoms. The van der Waals surface area contributed by atoms with E-state index in [1.54, 1.807) is 7.11 Å². The number of aryl methyl sites for hydroxylation is 1. The van der Waals surface area contributed by atoms with Gasteiger partial charge in [0.15, 0.2) is 0 Å². The highest BCUT2D eigenvalue weighted by molar-refractivity contribution is 9.10. The minimum atomic E-state index is 0.243. The maximum Gasteiger partial charge on any atom is 0.119 e. The zero-order valence-corrected chi connectivity index (χ0v) is 14.3. The van der Waals surface area contributed by atoms with Gasteiger partial charge in [-0.15, -0.1) is 0 Å². The topological polar surface area (TPSA) is 34.1 Å². The second kappa shape index (κ2) is 7.57. The summed E-state index contributed by atoms with van der Waals surface area (Å²) in [4.78, 5) is 4.40. The predicted octanol–water partition coefficient (Wildman–Crippen LogP) is 4.05. The quantitative estimate of drug-likeness (QED) is 0.854. The Bertz CT molecular complexity index is 601. The van der Waals surface area contributed by atoms with Gasteiger partial charge in [0.25, 0.3) is 0 Å². The lowest BCUT2D eigenvalue weighted by atomic mass is 9.97. The average Bonchev–Trinajstić information content (AvgIpc) is 2.49. The Morgan fingerprint density at radius 1 is 1.33 bits per heavy atom. The van der Waals surface area contributed by atoms with E-state index in [-0.39, 0.29) is 6.04 Å². The first-order valence-corrected chi connectivity index (χ1v) is 7.92. The zero-order chi connectivity index (χ0) is 15.2. The van der Waals surface area contributed by atoms with Gasteiger partial charge < -0.3 is 10.1 Å². The van der Waals surface area contributed by atoms with Crippen LogP contribution in [0.5, 0.6) is 5.75 Å². The van der Waals surface area contributed by atoms with E-state index in [1.165, 1.54) is 11.1 Å². The summed E-state index contributed by atoms with van der Waals surface area (Å²) in [6.07, 6.45) is 2.72. The number of hydrogen-bond donors (Lipinski definition) is 1. The number of rotatable bonds is 6. The lowest BCUT2D eigenvalue weighted by Gasteiger charge is -2.21. The van der Waals surface area contributed by atoms with E-state index in [1.807, 2.05) is 24.4 Å². The number of pyridine rings is 1. The fourth-order valence-electron chi connectivity index (χ4n) is 2.46. The third-order valence-corrected chi connectivity index (χ3v) is 4.32. The van der Waals surface area contributed by atoms with Crippen LogP contribution in [0, 0.1) is 6.92 Å². The highest BCUT2D eigenvalue weighted by Crippen LogP contribution is 2.28. The van der Waals surface area contributed by atoms with Gasteiger partial charge in [-0.25, -0.2) is 0 Å². The van der Waals surface area contributed by atoms with Crippen LogP contribution >= 0.6 is 15.9 Å². The molecule has 1 heterocycles. The number of benzene rings is 1. The molecule has 112 valence electrons. The lowest BCUT2D eigenvalue weighted by Crippen LogP contribution is -2.24. The molecule has 4 heteroatoms. The number of hydrogen-bond acceptors (Lipinski definition) is 3. The Morgan fingerprint density at radius 2 is 2.14 bits per heavy atom. The van der Waals surface area contributed by atoms with E-state index in [4.69, 9.17) is 4.74 Å². The maximum atomic E-state index is 5.33. The third kappa shape index (κ3) is 4.05. The van der Waals surface area contributed by atoms with Gasteiger partial charge >= 0.3 is 0 Å². The average molecular weight is 349 g/mol. The van der Waals surface area contributed by atoms with Gasteiger partial charge in [0.1, 0.15) is 5.75 Å². The van der Waals surface area contributed by atoms with Crippen molar-refractivity contribution in [3.8, 4) is 5.75 Å². The Balaban J connectivity index is 2.30. The van der Waals surface area contributed by atoms with Crippen LogP contribution in [0.2, 0.25) is 0 Å². The number of nitrogens with zero attached hydrogens (tertiary/aromatic N) is 1. The van der Waals surface area contributed by atoms with E-state index < -0.39 is 0 Å². The molecule has 2 aromatic rings. The van der Waals surface area contributed by atoms with Crippen molar-refractivity contribution in [1.82, 2.24) is 10.3 Å². The summed E-state index contributed by atoms with van der Waals surface area (Å²) in [5.41, 5.74) is 3.54. The first-order valence-electron chi connectivity index (χ1n) is 7.13. The van der Waals surface area contributed by atoms with E-state index >= 15 is 0 Å². The number of halogens is 1. The molecule has 1 N–H and O–H groups in total. The van der Waals surface area contributed by atoms with E-state index in [2.05, 4.69) is 52.2 Å². The number of ether oxygens (including phenoxy) is 1. The molecule has 1 atom stereocenters. The number of nitrogens with one attached hydrogen (secondary N) is 1. The summed E-state index contributed by atoms with van der Waals surface area (Å²) in [6, 6.07) is 10.5. The molecule has 3 nitrogen and oxygen atoms in total. The van der Waals surface area contributed by atoms with E-state index in [0.29, 0.717) is 0 Å². The standard InChI is InChI=1S/C17H21BrN2O/c1-4-19-17(15-6-5-9-20-12(15)2)11-13-10-14(21-3)7-8-16(13)18/h5-10,17,19H,4,11H2,1-3H3. The molecule has 1 aromatic heterocycles. The van der Waals surface area contributed by atoms with Gasteiger partial charge in [-0.2, -0.15) is 0 Å². The molecule has 21 heavy (non-hydrogen) atoms. The molecule has 0 saturated heterocycles. The largest absolute Gasteiger partial charge is 0.497 e. The second-order valence-electron chi connectivity index (χ2n) is 4.95.